The van der Waals surface area contributed by atoms with E-state index in [9.17, 15) is 4.79 Å². The molecule has 3 N–H and O–H groups in total. The summed E-state index contributed by atoms with van der Waals surface area (Å²) >= 11 is 0. The molecule has 26 heavy (non-hydrogen) atoms. The van der Waals surface area contributed by atoms with E-state index in [1.165, 1.54) is 5.56 Å². The number of benzene rings is 2. The molecular formula is C20H27Cl2N3O. The SMILES string of the molecule is CC(N)(C(=O)NC1CCN(Cc2ccccc2)C1)c1ccccc1.Cl.Cl. The number of halogens is 2. The highest BCUT2D eigenvalue weighted by Crippen LogP contribution is 2.19. The van der Waals surface area contributed by atoms with Crippen molar-refractivity contribution < 1.29 is 4.79 Å². The van der Waals surface area contributed by atoms with Gasteiger partial charge in [0.25, 0.3) is 0 Å². The van der Waals surface area contributed by atoms with Gasteiger partial charge in [-0.1, -0.05) is 60.7 Å². The fourth-order valence-corrected chi connectivity index (χ4v) is 3.19. The van der Waals surface area contributed by atoms with E-state index >= 15 is 0 Å². The minimum atomic E-state index is -1.01. The molecule has 142 valence electrons. The van der Waals surface area contributed by atoms with Gasteiger partial charge in [-0.25, -0.2) is 0 Å². The van der Waals surface area contributed by atoms with Crippen LogP contribution in [-0.2, 0) is 16.9 Å². The summed E-state index contributed by atoms with van der Waals surface area (Å²) < 4.78 is 0. The highest BCUT2D eigenvalue weighted by atomic mass is 35.5. The first-order valence-corrected chi connectivity index (χ1v) is 8.47. The topological polar surface area (TPSA) is 58.4 Å². The van der Waals surface area contributed by atoms with E-state index in [0.717, 1.165) is 31.6 Å². The maximum absolute atomic E-state index is 12.6. The Bertz CT molecular complexity index is 680. The molecule has 1 amide bonds. The Labute approximate surface area is 168 Å². The first-order valence-electron chi connectivity index (χ1n) is 8.47. The van der Waals surface area contributed by atoms with Crippen molar-refractivity contribution in [2.75, 3.05) is 13.1 Å². The van der Waals surface area contributed by atoms with Crippen LogP contribution in [0.25, 0.3) is 0 Å². The third-order valence-electron chi connectivity index (χ3n) is 4.70. The van der Waals surface area contributed by atoms with Gasteiger partial charge in [0.05, 0.1) is 0 Å². The lowest BCUT2D eigenvalue weighted by Crippen LogP contribution is -2.52. The van der Waals surface area contributed by atoms with Gasteiger partial charge in [-0.15, -0.1) is 24.8 Å². The monoisotopic (exact) mass is 395 g/mol. The van der Waals surface area contributed by atoms with Gasteiger partial charge >= 0.3 is 0 Å². The molecule has 6 heteroatoms. The van der Waals surface area contributed by atoms with Crippen molar-refractivity contribution in [3.63, 3.8) is 0 Å². The number of hydrogen-bond donors (Lipinski definition) is 2. The molecule has 0 aromatic heterocycles. The van der Waals surface area contributed by atoms with E-state index in [1.54, 1.807) is 6.92 Å². The largest absolute Gasteiger partial charge is 0.350 e. The third kappa shape index (κ3) is 5.45. The first-order chi connectivity index (χ1) is 11.6. The number of likely N-dealkylation sites (tertiary alicyclic amines) is 1. The minimum Gasteiger partial charge on any atom is -0.350 e. The normalized spacial score (nSPS) is 18.9. The predicted octanol–water partition coefficient (Wildman–Crippen LogP) is 3.09. The summed E-state index contributed by atoms with van der Waals surface area (Å²) in [5, 5.41) is 3.13. The highest BCUT2D eigenvalue weighted by molar-refractivity contribution is 5.87. The molecule has 1 fully saturated rings. The number of hydrogen-bond acceptors (Lipinski definition) is 3. The maximum atomic E-state index is 12.6. The molecule has 2 aromatic carbocycles. The lowest BCUT2D eigenvalue weighted by molar-refractivity contribution is -0.126. The predicted molar refractivity (Wildman–Crippen MR) is 111 cm³/mol. The van der Waals surface area contributed by atoms with Gasteiger partial charge in [0.2, 0.25) is 5.91 Å². The van der Waals surface area contributed by atoms with Crippen LogP contribution in [0.4, 0.5) is 0 Å². The van der Waals surface area contributed by atoms with Crippen LogP contribution in [0, 0.1) is 0 Å². The Morgan fingerprint density at radius 2 is 1.69 bits per heavy atom. The molecule has 0 aliphatic carbocycles. The van der Waals surface area contributed by atoms with Gasteiger partial charge in [0.15, 0.2) is 0 Å². The smallest absolute Gasteiger partial charge is 0.244 e. The van der Waals surface area contributed by atoms with E-state index in [4.69, 9.17) is 5.73 Å². The molecule has 0 radical (unpaired) electrons. The van der Waals surface area contributed by atoms with E-state index < -0.39 is 5.54 Å². The van der Waals surface area contributed by atoms with Crippen LogP contribution in [0.5, 0.6) is 0 Å². The number of carbonyl (C=O) groups is 1. The third-order valence-corrected chi connectivity index (χ3v) is 4.70. The summed E-state index contributed by atoms with van der Waals surface area (Å²) in [6.07, 6.45) is 0.962. The maximum Gasteiger partial charge on any atom is 0.244 e. The molecule has 0 spiro atoms. The summed E-state index contributed by atoms with van der Waals surface area (Å²) in [5.41, 5.74) is 7.42. The molecule has 0 saturated carbocycles. The van der Waals surface area contributed by atoms with Gasteiger partial charge in [-0.3, -0.25) is 9.69 Å². The van der Waals surface area contributed by atoms with Crippen molar-refractivity contribution in [3.8, 4) is 0 Å². The average Bonchev–Trinajstić information content (AvgIpc) is 3.03. The summed E-state index contributed by atoms with van der Waals surface area (Å²) in [4.78, 5) is 15.0. The zero-order valence-electron chi connectivity index (χ0n) is 14.9. The Hall–Kier alpha value is -1.59. The molecule has 1 aliphatic heterocycles. The van der Waals surface area contributed by atoms with E-state index in [1.807, 2.05) is 36.4 Å². The quantitative estimate of drug-likeness (QED) is 0.817. The van der Waals surface area contributed by atoms with Crippen molar-refractivity contribution in [3.05, 3.63) is 71.8 Å². The molecular weight excluding hydrogens is 369 g/mol. The summed E-state index contributed by atoms with van der Waals surface area (Å²) in [7, 11) is 0. The molecule has 2 atom stereocenters. The number of nitrogens with one attached hydrogen (secondary N) is 1. The highest BCUT2D eigenvalue weighted by Gasteiger charge is 2.33. The van der Waals surface area contributed by atoms with Crippen molar-refractivity contribution in [1.82, 2.24) is 10.2 Å². The zero-order chi connectivity index (χ0) is 17.0. The van der Waals surface area contributed by atoms with Crippen LogP contribution < -0.4 is 11.1 Å². The van der Waals surface area contributed by atoms with Gasteiger partial charge < -0.3 is 11.1 Å². The molecule has 2 aromatic rings. The Morgan fingerprint density at radius 1 is 1.12 bits per heavy atom. The standard InChI is InChI=1S/C20H25N3O.2ClH/c1-20(21,17-10-6-3-7-11-17)19(24)22-18-12-13-23(15-18)14-16-8-4-2-5-9-16;;/h2-11,18H,12-15,21H2,1H3,(H,22,24);2*1H. The van der Waals surface area contributed by atoms with Crippen molar-refractivity contribution in [1.29, 1.82) is 0 Å². The second-order valence-corrected chi connectivity index (χ2v) is 6.75. The number of rotatable bonds is 5. The van der Waals surface area contributed by atoms with E-state index in [0.29, 0.717) is 0 Å². The average molecular weight is 396 g/mol. The van der Waals surface area contributed by atoms with Crippen molar-refractivity contribution in [2.24, 2.45) is 5.73 Å². The van der Waals surface area contributed by atoms with Crippen LogP contribution in [0.1, 0.15) is 24.5 Å². The number of carbonyl (C=O) groups excluding carboxylic acids is 1. The fraction of sp³-hybridized carbons (Fsp3) is 0.350. The van der Waals surface area contributed by atoms with Crippen LogP contribution in [0.15, 0.2) is 60.7 Å². The fourth-order valence-electron chi connectivity index (χ4n) is 3.19. The lowest BCUT2D eigenvalue weighted by atomic mass is 9.92. The summed E-state index contributed by atoms with van der Waals surface area (Å²) in [6.45, 7) is 4.55. The second-order valence-electron chi connectivity index (χ2n) is 6.75. The Balaban J connectivity index is 0.00000169. The molecule has 3 rings (SSSR count). The lowest BCUT2D eigenvalue weighted by Gasteiger charge is -2.26. The van der Waals surface area contributed by atoms with Crippen molar-refractivity contribution >= 4 is 30.7 Å². The number of nitrogens with zero attached hydrogens (tertiary/aromatic N) is 1. The van der Waals surface area contributed by atoms with Crippen LogP contribution in [0.2, 0.25) is 0 Å². The second kappa shape index (κ2) is 9.93. The van der Waals surface area contributed by atoms with Crippen LogP contribution in [0.3, 0.4) is 0 Å². The molecule has 1 saturated heterocycles. The van der Waals surface area contributed by atoms with Crippen LogP contribution in [-0.4, -0.2) is 29.9 Å². The first kappa shape index (κ1) is 22.5. The van der Waals surface area contributed by atoms with Crippen LogP contribution >= 0.6 is 24.8 Å². The van der Waals surface area contributed by atoms with Gasteiger partial charge in [-0.05, 0) is 24.5 Å². The number of nitrogens with two attached hydrogens (primary N) is 1. The van der Waals surface area contributed by atoms with Gasteiger partial charge in [0, 0.05) is 25.7 Å². The number of amides is 1. The van der Waals surface area contributed by atoms with Crippen molar-refractivity contribution in [2.45, 2.75) is 31.5 Å². The molecule has 1 aliphatic rings. The molecule has 0 bridgehead atoms. The molecule has 1 heterocycles. The minimum absolute atomic E-state index is 0. The Kier molecular flexibility index (Phi) is 8.57. The van der Waals surface area contributed by atoms with E-state index in [-0.39, 0.29) is 36.8 Å². The summed E-state index contributed by atoms with van der Waals surface area (Å²) in [5.74, 6) is -0.111. The van der Waals surface area contributed by atoms with E-state index in [2.05, 4.69) is 34.5 Å². The zero-order valence-corrected chi connectivity index (χ0v) is 16.6. The Morgan fingerprint density at radius 3 is 2.31 bits per heavy atom. The van der Waals surface area contributed by atoms with Gasteiger partial charge in [-0.2, -0.15) is 0 Å². The van der Waals surface area contributed by atoms with Gasteiger partial charge in [0.1, 0.15) is 5.54 Å². The summed E-state index contributed by atoms with van der Waals surface area (Å²) in [6, 6.07) is 20.1. The molecule has 2 unspecified atom stereocenters. The molecule has 4 nitrogen and oxygen atoms in total.